The van der Waals surface area contributed by atoms with E-state index in [1.165, 1.54) is 12.8 Å². The summed E-state index contributed by atoms with van der Waals surface area (Å²) in [5.74, 6) is 1.98. The number of anilines is 1. The van der Waals surface area contributed by atoms with Crippen LogP contribution >= 0.6 is 0 Å². The molecule has 9 nitrogen and oxygen atoms in total. The van der Waals surface area contributed by atoms with Gasteiger partial charge in [0.25, 0.3) is 0 Å². The van der Waals surface area contributed by atoms with Gasteiger partial charge in [-0.15, -0.1) is 5.10 Å². The fourth-order valence-electron chi connectivity index (χ4n) is 4.38. The van der Waals surface area contributed by atoms with Gasteiger partial charge in [-0.1, -0.05) is 11.5 Å². The molecule has 1 saturated carbocycles. The zero-order chi connectivity index (χ0) is 18.1. The molecule has 2 fully saturated rings. The number of aromatic amines is 1. The molecular formula is C17H25N7O2. The summed E-state index contributed by atoms with van der Waals surface area (Å²) in [6.07, 6.45) is 5.73. The molecule has 2 aromatic rings. The van der Waals surface area contributed by atoms with Crippen molar-refractivity contribution in [3.05, 3.63) is 17.5 Å². The fourth-order valence-corrected chi connectivity index (χ4v) is 4.38. The molecule has 140 valence electrons. The van der Waals surface area contributed by atoms with Gasteiger partial charge >= 0.3 is 6.01 Å². The predicted octanol–water partition coefficient (Wildman–Crippen LogP) is 1.62. The number of aromatic nitrogens is 5. The van der Waals surface area contributed by atoms with Gasteiger partial charge in [-0.05, 0) is 38.0 Å². The Kier molecular flexibility index (Phi) is 4.37. The lowest BCUT2D eigenvalue weighted by Gasteiger charge is -2.43. The van der Waals surface area contributed by atoms with Crippen LogP contribution < -0.4 is 5.32 Å². The van der Waals surface area contributed by atoms with Crippen molar-refractivity contribution in [1.29, 1.82) is 0 Å². The minimum Gasteiger partial charge on any atom is -0.408 e. The first-order chi connectivity index (χ1) is 12.5. The number of amides is 1. The third-order valence-corrected chi connectivity index (χ3v) is 5.80. The summed E-state index contributed by atoms with van der Waals surface area (Å²) in [4.78, 5) is 18.7. The van der Waals surface area contributed by atoms with E-state index in [0.29, 0.717) is 23.8 Å². The smallest absolute Gasteiger partial charge is 0.315 e. The SMILES string of the molecule is Cc1nc(CC(=O)N2CCC3(CCCC3Nc3nnc(C)o3)CC2)n[nH]1. The molecule has 2 aliphatic rings. The number of carbonyl (C=O) groups excluding carboxylic acids is 1. The standard InChI is InChI=1S/C17H25N7O2/c1-11-18-14(22-20-11)10-15(25)24-8-6-17(7-9-24)5-3-4-13(17)19-16-23-21-12(2)26-16/h13H,3-10H2,1-2H3,(H,19,23)(H,18,20,22). The van der Waals surface area contributed by atoms with Crippen molar-refractivity contribution in [2.45, 2.75) is 58.4 Å². The summed E-state index contributed by atoms with van der Waals surface area (Å²) in [6, 6.07) is 0.836. The molecule has 1 atom stereocenters. The molecule has 1 spiro atoms. The quantitative estimate of drug-likeness (QED) is 0.853. The highest BCUT2D eigenvalue weighted by Crippen LogP contribution is 2.47. The third-order valence-electron chi connectivity index (χ3n) is 5.80. The molecule has 1 aliphatic carbocycles. The molecule has 2 N–H and O–H groups in total. The molecule has 2 aromatic heterocycles. The van der Waals surface area contributed by atoms with E-state index in [9.17, 15) is 4.79 Å². The summed E-state index contributed by atoms with van der Waals surface area (Å²) in [5.41, 5.74) is 0.209. The van der Waals surface area contributed by atoms with Crippen molar-refractivity contribution in [2.24, 2.45) is 5.41 Å². The third kappa shape index (κ3) is 3.30. The van der Waals surface area contributed by atoms with Crippen molar-refractivity contribution >= 4 is 11.9 Å². The van der Waals surface area contributed by atoms with Gasteiger partial charge in [0.15, 0.2) is 5.82 Å². The summed E-state index contributed by atoms with van der Waals surface area (Å²) in [6.45, 7) is 5.19. The second-order valence-corrected chi connectivity index (χ2v) is 7.47. The lowest BCUT2D eigenvalue weighted by molar-refractivity contribution is -0.133. The number of H-pyrrole nitrogens is 1. The second kappa shape index (κ2) is 6.69. The van der Waals surface area contributed by atoms with Gasteiger partial charge in [-0.2, -0.15) is 5.10 Å². The molecule has 0 bridgehead atoms. The van der Waals surface area contributed by atoms with Crippen LogP contribution in [-0.4, -0.2) is 55.3 Å². The Bertz CT molecular complexity index is 776. The van der Waals surface area contributed by atoms with Gasteiger partial charge in [-0.25, -0.2) is 4.98 Å². The molecule has 4 rings (SSSR count). The van der Waals surface area contributed by atoms with Gasteiger partial charge in [0.1, 0.15) is 5.82 Å². The molecule has 3 heterocycles. The van der Waals surface area contributed by atoms with Gasteiger partial charge in [0.2, 0.25) is 11.8 Å². The summed E-state index contributed by atoms with van der Waals surface area (Å²) >= 11 is 0. The molecule has 0 aromatic carbocycles. The lowest BCUT2D eigenvalue weighted by atomic mass is 9.74. The maximum atomic E-state index is 12.5. The molecule has 1 aliphatic heterocycles. The number of piperidine rings is 1. The topological polar surface area (TPSA) is 113 Å². The number of hydrogen-bond acceptors (Lipinski definition) is 7. The van der Waals surface area contributed by atoms with Gasteiger partial charge in [0, 0.05) is 26.1 Å². The minimum absolute atomic E-state index is 0.105. The highest BCUT2D eigenvalue weighted by Gasteiger charge is 2.45. The van der Waals surface area contributed by atoms with E-state index in [4.69, 9.17) is 4.42 Å². The molecule has 0 radical (unpaired) electrons. The predicted molar refractivity (Wildman–Crippen MR) is 93.4 cm³/mol. The van der Waals surface area contributed by atoms with Crippen LogP contribution in [0.15, 0.2) is 4.42 Å². The molecular weight excluding hydrogens is 334 g/mol. The maximum Gasteiger partial charge on any atom is 0.315 e. The number of likely N-dealkylation sites (tertiary alicyclic amines) is 1. The van der Waals surface area contributed by atoms with Crippen LogP contribution in [0.25, 0.3) is 0 Å². The van der Waals surface area contributed by atoms with Gasteiger partial charge < -0.3 is 14.6 Å². The number of nitrogens with zero attached hydrogens (tertiary/aromatic N) is 5. The number of nitrogens with one attached hydrogen (secondary N) is 2. The molecule has 26 heavy (non-hydrogen) atoms. The number of hydrogen-bond donors (Lipinski definition) is 2. The van der Waals surface area contributed by atoms with Crippen LogP contribution in [0.2, 0.25) is 0 Å². The number of rotatable bonds is 4. The van der Waals surface area contributed by atoms with Crippen LogP contribution in [0.3, 0.4) is 0 Å². The zero-order valence-electron chi connectivity index (χ0n) is 15.3. The first kappa shape index (κ1) is 17.0. The molecule has 9 heteroatoms. The Morgan fingerprint density at radius 1 is 1.31 bits per heavy atom. The van der Waals surface area contributed by atoms with Crippen molar-refractivity contribution < 1.29 is 9.21 Å². The van der Waals surface area contributed by atoms with Gasteiger partial charge in [-0.3, -0.25) is 9.89 Å². The van der Waals surface area contributed by atoms with Crippen molar-refractivity contribution in [3.63, 3.8) is 0 Å². The Labute approximate surface area is 152 Å². The first-order valence-corrected chi connectivity index (χ1v) is 9.26. The van der Waals surface area contributed by atoms with Crippen LogP contribution in [0, 0.1) is 19.3 Å². The van der Waals surface area contributed by atoms with Crippen molar-refractivity contribution in [3.8, 4) is 0 Å². The Morgan fingerprint density at radius 3 is 2.77 bits per heavy atom. The summed E-state index contributed by atoms with van der Waals surface area (Å²) < 4.78 is 5.49. The molecule has 1 unspecified atom stereocenters. The average molecular weight is 359 g/mol. The number of aryl methyl sites for hydroxylation is 2. The Morgan fingerprint density at radius 2 is 2.12 bits per heavy atom. The van der Waals surface area contributed by atoms with Crippen LogP contribution in [-0.2, 0) is 11.2 Å². The fraction of sp³-hybridized carbons (Fsp3) is 0.706. The van der Waals surface area contributed by atoms with Crippen LogP contribution in [0.5, 0.6) is 0 Å². The van der Waals surface area contributed by atoms with Crippen molar-refractivity contribution in [1.82, 2.24) is 30.3 Å². The van der Waals surface area contributed by atoms with Crippen molar-refractivity contribution in [2.75, 3.05) is 18.4 Å². The largest absolute Gasteiger partial charge is 0.408 e. The van der Waals surface area contributed by atoms with Crippen LogP contribution in [0.4, 0.5) is 6.01 Å². The lowest BCUT2D eigenvalue weighted by Crippen LogP contribution is -2.48. The van der Waals surface area contributed by atoms with E-state index in [-0.39, 0.29) is 17.7 Å². The van der Waals surface area contributed by atoms with E-state index in [1.54, 1.807) is 6.92 Å². The highest BCUT2D eigenvalue weighted by molar-refractivity contribution is 5.78. The Balaban J connectivity index is 1.36. The normalized spacial score (nSPS) is 22.1. The molecule has 1 saturated heterocycles. The summed E-state index contributed by atoms with van der Waals surface area (Å²) in [5, 5.41) is 18.3. The van der Waals surface area contributed by atoms with Crippen LogP contribution in [0.1, 0.15) is 49.6 Å². The second-order valence-electron chi connectivity index (χ2n) is 7.47. The first-order valence-electron chi connectivity index (χ1n) is 9.26. The monoisotopic (exact) mass is 359 g/mol. The maximum absolute atomic E-state index is 12.5. The van der Waals surface area contributed by atoms with E-state index >= 15 is 0 Å². The van der Waals surface area contributed by atoms with E-state index in [2.05, 4.69) is 30.7 Å². The molecule has 1 amide bonds. The minimum atomic E-state index is 0.105. The zero-order valence-corrected chi connectivity index (χ0v) is 15.3. The van der Waals surface area contributed by atoms with E-state index < -0.39 is 0 Å². The van der Waals surface area contributed by atoms with E-state index in [1.807, 2.05) is 11.8 Å². The average Bonchev–Trinajstić information content (AvgIpc) is 3.31. The highest BCUT2D eigenvalue weighted by atomic mass is 16.4. The Hall–Kier alpha value is -2.45. The van der Waals surface area contributed by atoms with Gasteiger partial charge in [0.05, 0.1) is 6.42 Å². The van der Waals surface area contributed by atoms with E-state index in [0.717, 1.165) is 38.2 Å². The number of carbonyl (C=O) groups is 1. The summed E-state index contributed by atoms with van der Waals surface area (Å²) in [7, 11) is 0.